The maximum Gasteiger partial charge on any atom is 0.159 e. The number of aryl methyl sites for hydroxylation is 1. The zero-order valence-electron chi connectivity index (χ0n) is 10.3. The molecule has 0 saturated carbocycles. The summed E-state index contributed by atoms with van der Waals surface area (Å²) >= 11 is 9.59. The van der Waals surface area contributed by atoms with Crippen LogP contribution in [0, 0.1) is 13.8 Å². The van der Waals surface area contributed by atoms with Gasteiger partial charge in [0.15, 0.2) is 5.78 Å². The number of hydrogen-bond donors (Lipinski definition) is 0. The molecule has 0 fully saturated rings. The van der Waals surface area contributed by atoms with E-state index in [0.29, 0.717) is 10.6 Å². The summed E-state index contributed by atoms with van der Waals surface area (Å²) in [5.74, 6) is 0.0358. The summed E-state index contributed by atoms with van der Waals surface area (Å²) in [6.45, 7) is 5.32. The fraction of sp³-hybridized carbons (Fsp3) is 0.231. The van der Waals surface area contributed by atoms with E-state index in [1.54, 1.807) is 23.7 Å². The van der Waals surface area contributed by atoms with E-state index in [-0.39, 0.29) is 5.78 Å². The van der Waals surface area contributed by atoms with E-state index < -0.39 is 0 Å². The number of aromatic nitrogens is 2. The lowest BCUT2D eigenvalue weighted by Crippen LogP contribution is -2.02. The van der Waals surface area contributed by atoms with Crippen molar-refractivity contribution in [3.05, 3.63) is 44.6 Å². The Morgan fingerprint density at radius 1 is 1.39 bits per heavy atom. The largest absolute Gasteiger partial charge is 0.295 e. The molecule has 0 aliphatic carbocycles. The Labute approximate surface area is 119 Å². The van der Waals surface area contributed by atoms with Gasteiger partial charge in [-0.2, -0.15) is 5.10 Å². The summed E-state index contributed by atoms with van der Waals surface area (Å²) in [6, 6.07) is 5.44. The number of carbonyl (C=O) groups is 1. The van der Waals surface area contributed by atoms with Crippen molar-refractivity contribution >= 4 is 33.3 Å². The first-order valence-corrected chi connectivity index (χ1v) is 6.61. The third-order valence-corrected chi connectivity index (χ3v) is 3.97. The monoisotopic (exact) mass is 326 g/mol. The lowest BCUT2D eigenvalue weighted by molar-refractivity contribution is 0.101. The standard InChI is InChI=1S/C13H12BrClN2O/c1-7-13(15)8(2)17(16-7)12-5-4-10(9(3)18)6-11(12)14/h4-6H,1-3H3. The summed E-state index contributed by atoms with van der Waals surface area (Å²) < 4.78 is 2.59. The van der Waals surface area contributed by atoms with E-state index in [2.05, 4.69) is 21.0 Å². The molecule has 3 nitrogen and oxygen atoms in total. The molecule has 94 valence electrons. The Hall–Kier alpha value is -1.13. The average Bonchev–Trinajstić information content (AvgIpc) is 2.57. The van der Waals surface area contributed by atoms with Gasteiger partial charge in [-0.05, 0) is 54.9 Å². The molecular formula is C13H12BrClN2O. The molecule has 0 atom stereocenters. The third kappa shape index (κ3) is 2.22. The van der Waals surface area contributed by atoms with Crippen LogP contribution in [0.3, 0.4) is 0 Å². The molecule has 18 heavy (non-hydrogen) atoms. The van der Waals surface area contributed by atoms with Crippen LogP contribution < -0.4 is 0 Å². The maximum absolute atomic E-state index is 11.3. The highest BCUT2D eigenvalue weighted by Crippen LogP contribution is 2.27. The zero-order valence-corrected chi connectivity index (χ0v) is 12.6. The predicted octanol–water partition coefficient (Wildman–Crippen LogP) is 4.11. The van der Waals surface area contributed by atoms with Gasteiger partial charge in [0.1, 0.15) is 0 Å². The highest BCUT2D eigenvalue weighted by atomic mass is 79.9. The molecule has 1 aromatic carbocycles. The van der Waals surface area contributed by atoms with Gasteiger partial charge in [0, 0.05) is 10.0 Å². The van der Waals surface area contributed by atoms with Crippen LogP contribution >= 0.6 is 27.5 Å². The van der Waals surface area contributed by atoms with Crippen LogP contribution in [0.5, 0.6) is 0 Å². The van der Waals surface area contributed by atoms with Crippen molar-refractivity contribution in [2.45, 2.75) is 20.8 Å². The average molecular weight is 328 g/mol. The van der Waals surface area contributed by atoms with E-state index in [1.165, 1.54) is 0 Å². The topological polar surface area (TPSA) is 34.9 Å². The fourth-order valence-corrected chi connectivity index (χ4v) is 2.42. The lowest BCUT2D eigenvalue weighted by Gasteiger charge is -2.08. The molecule has 2 rings (SSSR count). The number of ketones is 1. The number of carbonyl (C=O) groups excluding carboxylic acids is 1. The second-order valence-electron chi connectivity index (χ2n) is 4.12. The van der Waals surface area contributed by atoms with E-state index in [0.717, 1.165) is 21.5 Å². The van der Waals surface area contributed by atoms with Gasteiger partial charge in [-0.1, -0.05) is 11.6 Å². The summed E-state index contributed by atoms with van der Waals surface area (Å²) in [7, 11) is 0. The fourth-order valence-electron chi connectivity index (χ4n) is 1.76. The molecule has 0 amide bonds. The normalized spacial score (nSPS) is 10.7. The van der Waals surface area contributed by atoms with E-state index in [9.17, 15) is 4.79 Å². The predicted molar refractivity (Wildman–Crippen MR) is 75.8 cm³/mol. The number of hydrogen-bond acceptors (Lipinski definition) is 2. The molecule has 0 bridgehead atoms. The number of Topliss-reactive ketones (excluding diaryl/α,β-unsaturated/α-hetero) is 1. The van der Waals surface area contributed by atoms with Crippen molar-refractivity contribution in [3.8, 4) is 5.69 Å². The first kappa shape index (κ1) is 13.3. The van der Waals surface area contributed by atoms with Crippen LogP contribution in [0.15, 0.2) is 22.7 Å². The maximum atomic E-state index is 11.3. The molecule has 0 aliphatic heterocycles. The van der Waals surface area contributed by atoms with Gasteiger partial charge in [0.2, 0.25) is 0 Å². The van der Waals surface area contributed by atoms with Gasteiger partial charge in [-0.15, -0.1) is 0 Å². The first-order chi connectivity index (χ1) is 8.41. The van der Waals surface area contributed by atoms with Crippen LogP contribution in [0.4, 0.5) is 0 Å². The second kappa shape index (κ2) is 4.86. The summed E-state index contributed by atoms with van der Waals surface area (Å²) in [5, 5.41) is 5.05. The zero-order chi connectivity index (χ0) is 13.4. The highest BCUT2D eigenvalue weighted by molar-refractivity contribution is 9.10. The number of benzene rings is 1. The van der Waals surface area contributed by atoms with Crippen LogP contribution in [-0.2, 0) is 0 Å². The van der Waals surface area contributed by atoms with Gasteiger partial charge in [-0.3, -0.25) is 4.79 Å². The quantitative estimate of drug-likeness (QED) is 0.778. The smallest absolute Gasteiger partial charge is 0.159 e. The van der Waals surface area contributed by atoms with E-state index >= 15 is 0 Å². The Morgan fingerprint density at radius 3 is 2.50 bits per heavy atom. The highest BCUT2D eigenvalue weighted by Gasteiger charge is 2.13. The minimum atomic E-state index is 0.0358. The lowest BCUT2D eigenvalue weighted by atomic mass is 10.1. The Bertz CT molecular complexity index is 634. The summed E-state index contributed by atoms with van der Waals surface area (Å²) in [5.41, 5.74) is 3.20. The van der Waals surface area contributed by atoms with Gasteiger partial charge >= 0.3 is 0 Å². The van der Waals surface area contributed by atoms with Crippen molar-refractivity contribution < 1.29 is 4.79 Å². The first-order valence-electron chi connectivity index (χ1n) is 5.44. The van der Waals surface area contributed by atoms with Crippen molar-refractivity contribution in [2.75, 3.05) is 0 Å². The van der Waals surface area contributed by atoms with E-state index in [1.807, 2.05) is 19.9 Å². The Morgan fingerprint density at radius 2 is 2.06 bits per heavy atom. The minimum Gasteiger partial charge on any atom is -0.295 e. The SMILES string of the molecule is CC(=O)c1ccc(-n2nc(C)c(Cl)c2C)c(Br)c1. The molecule has 0 aliphatic rings. The molecule has 0 radical (unpaired) electrons. The van der Waals surface area contributed by atoms with Crippen LogP contribution in [0.2, 0.25) is 5.02 Å². The number of nitrogens with zero attached hydrogens (tertiary/aromatic N) is 2. The number of rotatable bonds is 2. The van der Waals surface area contributed by atoms with Gasteiger partial charge in [-0.25, -0.2) is 4.68 Å². The molecule has 1 aromatic heterocycles. The molecule has 5 heteroatoms. The third-order valence-electron chi connectivity index (χ3n) is 2.79. The van der Waals surface area contributed by atoms with Gasteiger partial charge in [0.25, 0.3) is 0 Å². The van der Waals surface area contributed by atoms with E-state index in [4.69, 9.17) is 11.6 Å². The van der Waals surface area contributed by atoms with Crippen molar-refractivity contribution in [1.82, 2.24) is 9.78 Å². The minimum absolute atomic E-state index is 0.0358. The molecule has 2 aromatic rings. The van der Waals surface area contributed by atoms with Crippen molar-refractivity contribution in [2.24, 2.45) is 0 Å². The summed E-state index contributed by atoms with van der Waals surface area (Å²) in [6.07, 6.45) is 0. The van der Waals surface area contributed by atoms with Crippen LogP contribution in [0.25, 0.3) is 5.69 Å². The van der Waals surface area contributed by atoms with Gasteiger partial charge in [0.05, 0.1) is 22.1 Å². The molecular weight excluding hydrogens is 316 g/mol. The number of halogens is 2. The molecule has 0 N–H and O–H groups in total. The molecule has 0 unspecified atom stereocenters. The van der Waals surface area contributed by atoms with Crippen LogP contribution in [-0.4, -0.2) is 15.6 Å². The second-order valence-corrected chi connectivity index (χ2v) is 5.35. The Balaban J connectivity index is 2.58. The molecule has 0 spiro atoms. The molecule has 0 saturated heterocycles. The Kier molecular flexibility index (Phi) is 3.59. The van der Waals surface area contributed by atoms with Gasteiger partial charge < -0.3 is 0 Å². The molecule has 1 heterocycles. The van der Waals surface area contributed by atoms with Crippen LogP contribution in [0.1, 0.15) is 28.7 Å². The van der Waals surface area contributed by atoms with Crippen molar-refractivity contribution in [3.63, 3.8) is 0 Å². The van der Waals surface area contributed by atoms with Crippen molar-refractivity contribution in [1.29, 1.82) is 0 Å². The summed E-state index contributed by atoms with van der Waals surface area (Å²) in [4.78, 5) is 11.3.